The first-order chi connectivity index (χ1) is 30.6. The highest BCUT2D eigenvalue weighted by Gasteiger charge is 2.16. The molecular formula is C57H100O5. The Morgan fingerprint density at radius 2 is 0.710 bits per heavy atom. The third kappa shape index (κ3) is 50.0. The molecule has 0 aliphatic carbocycles. The number of hydrogen-bond acceptors (Lipinski definition) is 5. The number of allylic oxidation sites excluding steroid dienone is 12. The van der Waals surface area contributed by atoms with E-state index in [1.165, 1.54) is 167 Å². The minimum atomic E-state index is -0.804. The summed E-state index contributed by atoms with van der Waals surface area (Å²) in [6, 6.07) is 0. The van der Waals surface area contributed by atoms with Crippen molar-refractivity contribution in [3.63, 3.8) is 0 Å². The van der Waals surface area contributed by atoms with Crippen LogP contribution in [0.5, 0.6) is 0 Å². The van der Waals surface area contributed by atoms with Crippen molar-refractivity contribution in [2.45, 2.75) is 264 Å². The molecular weight excluding hydrogens is 765 g/mol. The molecule has 1 N–H and O–H groups in total. The molecule has 5 heteroatoms. The van der Waals surface area contributed by atoms with E-state index < -0.39 is 6.10 Å². The molecule has 0 fully saturated rings. The predicted octanol–water partition coefficient (Wildman–Crippen LogP) is 17.6. The summed E-state index contributed by atoms with van der Waals surface area (Å²) in [5.74, 6) is -0.654. The molecule has 0 rings (SSSR count). The van der Waals surface area contributed by atoms with Crippen molar-refractivity contribution in [1.29, 1.82) is 0 Å². The molecule has 0 aromatic heterocycles. The average molecular weight is 865 g/mol. The normalized spacial score (nSPS) is 12.8. The second-order valence-electron chi connectivity index (χ2n) is 17.6. The molecule has 0 aromatic carbocycles. The van der Waals surface area contributed by atoms with Crippen LogP contribution < -0.4 is 0 Å². The lowest BCUT2D eigenvalue weighted by Gasteiger charge is -2.15. The van der Waals surface area contributed by atoms with E-state index >= 15 is 0 Å². The Labute approximate surface area is 384 Å². The molecule has 0 heterocycles. The van der Waals surface area contributed by atoms with E-state index in [4.69, 9.17) is 9.47 Å². The first kappa shape index (κ1) is 59.3. The fourth-order valence-electron chi connectivity index (χ4n) is 7.53. The van der Waals surface area contributed by atoms with Gasteiger partial charge in [-0.2, -0.15) is 0 Å². The number of aliphatic hydroxyl groups is 1. The Hall–Kier alpha value is -2.66. The van der Waals surface area contributed by atoms with Gasteiger partial charge in [-0.1, -0.05) is 241 Å². The van der Waals surface area contributed by atoms with Crippen molar-refractivity contribution in [2.24, 2.45) is 0 Å². The van der Waals surface area contributed by atoms with Crippen LogP contribution in [0.1, 0.15) is 258 Å². The largest absolute Gasteiger partial charge is 0.462 e. The first-order valence-electron chi connectivity index (χ1n) is 26.5. The maximum Gasteiger partial charge on any atom is 0.306 e. The van der Waals surface area contributed by atoms with Crippen LogP contribution in [0.25, 0.3) is 0 Å². The van der Waals surface area contributed by atoms with Crippen LogP contribution in [0.4, 0.5) is 0 Å². The molecule has 0 spiro atoms. The molecule has 358 valence electrons. The van der Waals surface area contributed by atoms with Gasteiger partial charge in [-0.15, -0.1) is 0 Å². The first-order valence-corrected chi connectivity index (χ1v) is 26.5. The highest BCUT2D eigenvalue weighted by atomic mass is 16.6. The van der Waals surface area contributed by atoms with Crippen LogP contribution in [0, 0.1) is 0 Å². The molecule has 1 unspecified atom stereocenters. The monoisotopic (exact) mass is 865 g/mol. The molecule has 62 heavy (non-hydrogen) atoms. The van der Waals surface area contributed by atoms with E-state index in [1.54, 1.807) is 0 Å². The smallest absolute Gasteiger partial charge is 0.306 e. The molecule has 0 saturated carbocycles. The Morgan fingerprint density at radius 1 is 0.387 bits per heavy atom. The van der Waals surface area contributed by atoms with Crippen molar-refractivity contribution >= 4 is 11.9 Å². The van der Waals surface area contributed by atoms with Gasteiger partial charge in [0.15, 0.2) is 6.10 Å². The maximum atomic E-state index is 12.2. The van der Waals surface area contributed by atoms with Gasteiger partial charge in [0.05, 0.1) is 6.61 Å². The number of ether oxygens (including phenoxy) is 2. The summed E-state index contributed by atoms with van der Waals surface area (Å²) in [5.41, 5.74) is 0. The van der Waals surface area contributed by atoms with E-state index in [-0.39, 0.29) is 31.6 Å². The van der Waals surface area contributed by atoms with Gasteiger partial charge in [0, 0.05) is 12.8 Å². The number of unbranched alkanes of at least 4 members (excludes halogenated alkanes) is 28. The van der Waals surface area contributed by atoms with Gasteiger partial charge in [0.1, 0.15) is 6.61 Å². The Kier molecular flexibility index (Phi) is 50.4. The minimum absolute atomic E-state index is 0.0894. The van der Waals surface area contributed by atoms with E-state index in [9.17, 15) is 14.7 Å². The lowest BCUT2D eigenvalue weighted by atomic mass is 10.0. The van der Waals surface area contributed by atoms with E-state index in [0.29, 0.717) is 12.8 Å². The SMILES string of the molecule is CC/C=C\C/C=C\C/C=C\C/C=C\C/C=C\CCCC(=O)OC(CO)COC(=O)CCCCCCCCCCCCCCCCCCCCC/C=C\CCCCCCCCCC. The number of carbonyl (C=O) groups excluding carboxylic acids is 2. The second kappa shape index (κ2) is 52.7. The average Bonchev–Trinajstić information content (AvgIpc) is 3.28. The maximum absolute atomic E-state index is 12.2. The van der Waals surface area contributed by atoms with Crippen LogP contribution >= 0.6 is 0 Å². The van der Waals surface area contributed by atoms with E-state index in [2.05, 4.69) is 86.8 Å². The van der Waals surface area contributed by atoms with Crippen LogP contribution in [-0.2, 0) is 19.1 Å². The predicted molar refractivity (Wildman–Crippen MR) is 270 cm³/mol. The molecule has 0 aromatic rings. The molecule has 0 aliphatic heterocycles. The van der Waals surface area contributed by atoms with Crippen molar-refractivity contribution in [1.82, 2.24) is 0 Å². The fraction of sp³-hybridized carbons (Fsp3) is 0.754. The third-order valence-electron chi connectivity index (χ3n) is 11.5. The van der Waals surface area contributed by atoms with Crippen LogP contribution in [0.3, 0.4) is 0 Å². The van der Waals surface area contributed by atoms with Gasteiger partial charge in [-0.3, -0.25) is 9.59 Å². The lowest BCUT2D eigenvalue weighted by Crippen LogP contribution is -2.28. The highest BCUT2D eigenvalue weighted by molar-refractivity contribution is 5.70. The van der Waals surface area contributed by atoms with Gasteiger partial charge >= 0.3 is 11.9 Å². The molecule has 0 bridgehead atoms. The van der Waals surface area contributed by atoms with Crippen molar-refractivity contribution in [2.75, 3.05) is 13.2 Å². The Bertz CT molecular complexity index is 1110. The second-order valence-corrected chi connectivity index (χ2v) is 17.6. The van der Waals surface area contributed by atoms with Gasteiger partial charge in [-0.05, 0) is 77.0 Å². The zero-order valence-electron chi connectivity index (χ0n) is 40.9. The molecule has 0 saturated heterocycles. The van der Waals surface area contributed by atoms with Crippen molar-refractivity contribution < 1.29 is 24.2 Å². The quantitative estimate of drug-likeness (QED) is 0.0375. The number of rotatable bonds is 48. The minimum Gasteiger partial charge on any atom is -0.462 e. The summed E-state index contributed by atoms with van der Waals surface area (Å²) in [4.78, 5) is 24.4. The number of aliphatic hydroxyl groups excluding tert-OH is 1. The standard InChI is InChI=1S/C57H100O5/c1-3-5-7-9-11-13-15-17-19-21-22-23-24-25-26-27-28-29-30-31-32-33-34-36-37-39-41-43-45-47-49-51-56(59)61-54-55(53-58)62-57(60)52-50-48-46-44-42-40-38-35-20-18-16-14-12-10-8-6-4-2/h6,8,12,14,18,20-22,38,40,44,46,55,58H,3-5,7,9-11,13,15-17,19,23-37,39,41-43,45,47-54H2,1-2H3/b8-6-,14-12-,20-18-,22-21-,40-38-,46-44-. The number of carbonyl (C=O) groups is 2. The summed E-state index contributed by atoms with van der Waals surface area (Å²) in [6.07, 6.45) is 71.7. The zero-order chi connectivity index (χ0) is 44.9. The van der Waals surface area contributed by atoms with Crippen molar-refractivity contribution in [3.8, 4) is 0 Å². The highest BCUT2D eigenvalue weighted by Crippen LogP contribution is 2.16. The molecule has 0 amide bonds. The van der Waals surface area contributed by atoms with Crippen LogP contribution in [0.2, 0.25) is 0 Å². The summed E-state index contributed by atoms with van der Waals surface area (Å²) in [5, 5.41) is 9.61. The molecule has 0 radical (unpaired) electrons. The summed E-state index contributed by atoms with van der Waals surface area (Å²) in [6.45, 7) is 3.99. The Morgan fingerprint density at radius 3 is 1.11 bits per heavy atom. The molecule has 0 aliphatic rings. The topological polar surface area (TPSA) is 72.8 Å². The van der Waals surface area contributed by atoms with E-state index in [1.807, 2.05) is 0 Å². The van der Waals surface area contributed by atoms with Gasteiger partial charge in [0.2, 0.25) is 0 Å². The van der Waals surface area contributed by atoms with Crippen LogP contribution in [-0.4, -0.2) is 36.4 Å². The number of esters is 2. The number of hydrogen-bond donors (Lipinski definition) is 1. The third-order valence-corrected chi connectivity index (χ3v) is 11.5. The van der Waals surface area contributed by atoms with Crippen LogP contribution in [0.15, 0.2) is 72.9 Å². The van der Waals surface area contributed by atoms with Gasteiger partial charge in [0.25, 0.3) is 0 Å². The van der Waals surface area contributed by atoms with Crippen molar-refractivity contribution in [3.05, 3.63) is 72.9 Å². The Balaban J connectivity index is 3.49. The lowest BCUT2D eigenvalue weighted by molar-refractivity contribution is -0.161. The zero-order valence-corrected chi connectivity index (χ0v) is 40.9. The summed E-state index contributed by atoms with van der Waals surface area (Å²) >= 11 is 0. The van der Waals surface area contributed by atoms with Gasteiger partial charge < -0.3 is 14.6 Å². The summed E-state index contributed by atoms with van der Waals surface area (Å²) in [7, 11) is 0. The molecule has 1 atom stereocenters. The fourth-order valence-corrected chi connectivity index (χ4v) is 7.53. The summed E-state index contributed by atoms with van der Waals surface area (Å²) < 4.78 is 10.6. The van der Waals surface area contributed by atoms with E-state index in [0.717, 1.165) is 57.8 Å². The molecule has 5 nitrogen and oxygen atoms in total. The van der Waals surface area contributed by atoms with Gasteiger partial charge in [-0.25, -0.2) is 0 Å².